The zero-order valence-corrected chi connectivity index (χ0v) is 32.0. The number of ketones is 1. The molecule has 0 spiro atoms. The van der Waals surface area contributed by atoms with Crippen molar-refractivity contribution in [3.8, 4) is 0 Å². The van der Waals surface area contributed by atoms with Gasteiger partial charge in [0.25, 0.3) is 5.91 Å². The normalized spacial score (nSPS) is 20.8. The van der Waals surface area contributed by atoms with Gasteiger partial charge in [-0.25, -0.2) is 9.59 Å². The smallest absolute Gasteiger partial charge is 0.404 e. The molecule has 1 unspecified atom stereocenters. The molecule has 0 aromatic rings. The van der Waals surface area contributed by atoms with Crippen molar-refractivity contribution >= 4 is 41.5 Å². The molecule has 0 aromatic carbocycles. The molecule has 0 bridgehead atoms. The van der Waals surface area contributed by atoms with E-state index in [1.54, 1.807) is 25.7 Å². The van der Waals surface area contributed by atoms with Crippen LogP contribution in [0.4, 0.5) is 9.59 Å². The van der Waals surface area contributed by atoms with Gasteiger partial charge in [0.2, 0.25) is 23.5 Å². The van der Waals surface area contributed by atoms with Crippen LogP contribution in [0.25, 0.3) is 0 Å². The van der Waals surface area contributed by atoms with E-state index in [9.17, 15) is 33.6 Å². The quantitative estimate of drug-likeness (QED) is 0.125. The maximum absolute atomic E-state index is 14.3. The van der Waals surface area contributed by atoms with Gasteiger partial charge < -0.3 is 41.5 Å². The summed E-state index contributed by atoms with van der Waals surface area (Å²) in [4.78, 5) is 94.9. The van der Waals surface area contributed by atoms with Crippen molar-refractivity contribution in [1.82, 2.24) is 31.1 Å². The summed E-state index contributed by atoms with van der Waals surface area (Å²) in [6.07, 6.45) is 1.95. The lowest BCUT2D eigenvalue weighted by Gasteiger charge is -2.41. The van der Waals surface area contributed by atoms with E-state index in [0.717, 1.165) is 6.42 Å². The molecule has 2 saturated heterocycles. The summed E-state index contributed by atoms with van der Waals surface area (Å²) in [5.41, 5.74) is 3.89. The van der Waals surface area contributed by atoms with Gasteiger partial charge in [-0.1, -0.05) is 81.2 Å². The Morgan fingerprint density at radius 2 is 1.69 bits per heavy atom. The van der Waals surface area contributed by atoms with E-state index >= 15 is 0 Å². The summed E-state index contributed by atoms with van der Waals surface area (Å²) in [6, 6.07) is -4.61. The van der Waals surface area contributed by atoms with E-state index in [1.807, 2.05) is 27.7 Å². The third-order valence-electron chi connectivity index (χ3n) is 9.42. The third kappa shape index (κ3) is 12.8. The summed E-state index contributed by atoms with van der Waals surface area (Å²) < 4.78 is 5.19. The molecule has 0 aromatic heterocycles. The number of likely N-dealkylation sites (tertiary alicyclic amines) is 2. The van der Waals surface area contributed by atoms with Crippen molar-refractivity contribution in [2.45, 2.75) is 131 Å². The Labute approximate surface area is 302 Å². The van der Waals surface area contributed by atoms with Crippen LogP contribution in [0, 0.1) is 16.2 Å². The van der Waals surface area contributed by atoms with E-state index in [1.165, 1.54) is 11.0 Å². The number of hydrogen-bond acceptors (Lipinski definition) is 8. The SMILES string of the molecule is C=CCNC(=O)C(=O)C(CCCC)NC(=O)[C@@H]1C[C@@H](OC(N)=O)CN1C(=O)[C@@H](NC(=O)N[C@H](CN1CCC(C)(C)CC1=O)C(C)(C)C)C(C)(C)C. The number of unbranched alkanes of at least 4 members (excludes halogenated alkanes) is 1. The molecular weight excluding hydrogens is 658 g/mol. The fraction of sp³-hybridized carbons (Fsp3) is 0.750. The second-order valence-corrected chi connectivity index (χ2v) is 16.6. The minimum atomic E-state index is -1.21. The van der Waals surface area contributed by atoms with Crippen LogP contribution in [0.1, 0.15) is 101 Å². The van der Waals surface area contributed by atoms with Gasteiger partial charge in [-0.2, -0.15) is 0 Å². The van der Waals surface area contributed by atoms with Crippen LogP contribution in [0.5, 0.6) is 0 Å². The lowest BCUT2D eigenvalue weighted by Crippen LogP contribution is -2.62. The fourth-order valence-corrected chi connectivity index (χ4v) is 6.16. The number of nitrogens with two attached hydrogens (primary N) is 1. The molecule has 0 saturated carbocycles. The maximum Gasteiger partial charge on any atom is 0.404 e. The van der Waals surface area contributed by atoms with Gasteiger partial charge in [-0.3, -0.25) is 24.0 Å². The van der Waals surface area contributed by atoms with Crippen molar-refractivity contribution < 1.29 is 38.3 Å². The second kappa shape index (κ2) is 17.9. The first kappa shape index (κ1) is 43.0. The average Bonchev–Trinajstić information content (AvgIpc) is 3.42. The number of Topliss-reactive ketones (excluding diaryl/α,β-unsaturated/α-hetero) is 1. The molecule has 6 N–H and O–H groups in total. The number of nitrogens with one attached hydrogen (secondary N) is 4. The predicted molar refractivity (Wildman–Crippen MR) is 192 cm³/mol. The van der Waals surface area contributed by atoms with Crippen LogP contribution >= 0.6 is 0 Å². The molecule has 51 heavy (non-hydrogen) atoms. The number of ether oxygens (including phenoxy) is 1. The Bertz CT molecular complexity index is 1320. The highest BCUT2D eigenvalue weighted by molar-refractivity contribution is 6.38. The molecule has 7 amide bonds. The van der Waals surface area contributed by atoms with Gasteiger partial charge in [-0.15, -0.1) is 6.58 Å². The number of hydrogen-bond donors (Lipinski definition) is 5. The van der Waals surface area contributed by atoms with Gasteiger partial charge >= 0.3 is 12.1 Å². The third-order valence-corrected chi connectivity index (χ3v) is 9.42. The molecule has 2 aliphatic rings. The summed E-state index contributed by atoms with van der Waals surface area (Å²) >= 11 is 0. The highest BCUT2D eigenvalue weighted by Crippen LogP contribution is 2.32. The van der Waals surface area contributed by atoms with Gasteiger partial charge in [-0.05, 0) is 29.1 Å². The summed E-state index contributed by atoms with van der Waals surface area (Å²) in [5.74, 6) is -3.03. The first-order valence-electron chi connectivity index (χ1n) is 17.8. The molecular formula is C36H61N7O8. The molecule has 2 rings (SSSR count). The maximum atomic E-state index is 14.3. The number of urea groups is 1. The predicted octanol–water partition coefficient (Wildman–Crippen LogP) is 2.37. The van der Waals surface area contributed by atoms with Crippen molar-refractivity contribution in [3.63, 3.8) is 0 Å². The second-order valence-electron chi connectivity index (χ2n) is 16.6. The molecule has 288 valence electrons. The minimum Gasteiger partial charge on any atom is -0.444 e. The van der Waals surface area contributed by atoms with Crippen molar-refractivity contribution in [2.24, 2.45) is 22.0 Å². The number of primary amides is 1. The topological polar surface area (TPSA) is 209 Å². The number of nitrogens with zero attached hydrogens (tertiary/aromatic N) is 2. The molecule has 0 radical (unpaired) electrons. The minimum absolute atomic E-state index is 0.0209. The lowest BCUT2D eigenvalue weighted by molar-refractivity contribution is -0.143. The summed E-state index contributed by atoms with van der Waals surface area (Å²) in [5, 5.41) is 10.9. The van der Waals surface area contributed by atoms with E-state index in [4.69, 9.17) is 10.5 Å². The molecule has 2 heterocycles. The van der Waals surface area contributed by atoms with Gasteiger partial charge in [0.15, 0.2) is 0 Å². The number of amides is 7. The van der Waals surface area contributed by atoms with Gasteiger partial charge in [0.05, 0.1) is 18.6 Å². The first-order valence-corrected chi connectivity index (χ1v) is 17.8. The summed E-state index contributed by atoms with van der Waals surface area (Å²) in [6.45, 7) is 21.4. The summed E-state index contributed by atoms with van der Waals surface area (Å²) in [7, 11) is 0. The Hall–Kier alpha value is -4.17. The average molecular weight is 720 g/mol. The van der Waals surface area contributed by atoms with Crippen LogP contribution in [0.15, 0.2) is 12.7 Å². The zero-order valence-electron chi connectivity index (χ0n) is 32.0. The van der Waals surface area contributed by atoms with E-state index in [2.05, 4.69) is 41.7 Å². The van der Waals surface area contributed by atoms with Crippen LogP contribution in [-0.2, 0) is 28.7 Å². The van der Waals surface area contributed by atoms with Crippen LogP contribution in [0.2, 0.25) is 0 Å². The zero-order chi connectivity index (χ0) is 38.9. The standard InChI is InChI=1S/C36H61N7O8/c1-11-13-14-23(27(45)30(47)38-16-12-2)39-29(46)24-18-22(51-32(37)49)20-43(24)31(48)28(35(6,7)8)41-33(50)40-25(34(3,4)5)21-42-17-15-36(9,10)19-26(42)44/h12,22-25,28H,2,11,13-21H2,1,3-10H3,(H2,37,49)(H,38,47)(H,39,46)(H2,40,41,50)/t22-,23?,24+,25-,28-/m1/s1. The monoisotopic (exact) mass is 719 g/mol. The Morgan fingerprint density at radius 1 is 1.04 bits per heavy atom. The number of carbonyl (C=O) groups excluding carboxylic acids is 7. The molecule has 2 aliphatic heterocycles. The van der Waals surface area contributed by atoms with Crippen molar-refractivity contribution in [2.75, 3.05) is 26.2 Å². The van der Waals surface area contributed by atoms with Crippen LogP contribution in [-0.4, -0.2) is 108 Å². The number of rotatable bonds is 15. The van der Waals surface area contributed by atoms with Crippen molar-refractivity contribution in [3.05, 3.63) is 12.7 Å². The van der Waals surface area contributed by atoms with Crippen LogP contribution < -0.4 is 27.0 Å². The van der Waals surface area contributed by atoms with Crippen molar-refractivity contribution in [1.29, 1.82) is 0 Å². The molecule has 15 heteroatoms. The molecule has 2 fully saturated rings. The van der Waals surface area contributed by atoms with Gasteiger partial charge in [0.1, 0.15) is 18.2 Å². The van der Waals surface area contributed by atoms with E-state index < -0.39 is 76.7 Å². The molecule has 15 nitrogen and oxygen atoms in total. The molecule has 5 atom stereocenters. The van der Waals surface area contributed by atoms with Crippen LogP contribution in [0.3, 0.4) is 0 Å². The highest BCUT2D eigenvalue weighted by atomic mass is 16.6. The number of piperidine rings is 1. The Kier molecular flexibility index (Phi) is 15.0. The van der Waals surface area contributed by atoms with E-state index in [-0.39, 0.29) is 37.3 Å². The van der Waals surface area contributed by atoms with Gasteiger partial charge in [0, 0.05) is 32.5 Å². The number of carbonyl (C=O) groups is 7. The van der Waals surface area contributed by atoms with E-state index in [0.29, 0.717) is 32.4 Å². The first-order chi connectivity index (χ1) is 23.5. The lowest BCUT2D eigenvalue weighted by atomic mass is 9.81. The Balaban J connectivity index is 2.33. The Morgan fingerprint density at radius 3 is 2.22 bits per heavy atom. The fourth-order valence-electron chi connectivity index (χ4n) is 6.16. The highest BCUT2D eigenvalue weighted by Gasteiger charge is 2.47. The molecule has 0 aliphatic carbocycles. The largest absolute Gasteiger partial charge is 0.444 e.